The highest BCUT2D eigenvalue weighted by Crippen LogP contribution is 2.31. The smallest absolute Gasteiger partial charge is 0.199 e. The van der Waals surface area contributed by atoms with Gasteiger partial charge in [-0.05, 0) is 42.6 Å². The summed E-state index contributed by atoms with van der Waals surface area (Å²) < 4.78 is 5.90. The summed E-state index contributed by atoms with van der Waals surface area (Å²) in [5, 5.41) is 2.83. The van der Waals surface area contributed by atoms with Crippen molar-refractivity contribution in [1.82, 2.24) is 9.88 Å². The molecule has 1 saturated heterocycles. The maximum atomic E-state index is 6.00. The minimum absolute atomic E-state index is 0.385. The van der Waals surface area contributed by atoms with E-state index in [-0.39, 0.29) is 0 Å². The molecule has 0 spiro atoms. The number of hydrogen-bond acceptors (Lipinski definition) is 4. The highest BCUT2D eigenvalue weighted by Gasteiger charge is 2.27. The second-order valence-electron chi connectivity index (χ2n) is 5.46. The van der Waals surface area contributed by atoms with Gasteiger partial charge in [-0.1, -0.05) is 17.7 Å². The van der Waals surface area contributed by atoms with Crippen LogP contribution in [-0.4, -0.2) is 23.0 Å². The molecule has 3 nitrogen and oxygen atoms in total. The van der Waals surface area contributed by atoms with Crippen molar-refractivity contribution in [2.75, 3.05) is 13.1 Å². The first-order chi connectivity index (χ1) is 10.3. The van der Waals surface area contributed by atoms with Crippen LogP contribution in [0.2, 0.25) is 5.02 Å². The first-order valence-electron chi connectivity index (χ1n) is 7.09. The number of likely N-dealkylation sites (tertiary alicyclic amines) is 1. The first kappa shape index (κ1) is 13.3. The van der Waals surface area contributed by atoms with Gasteiger partial charge in [0.15, 0.2) is 11.5 Å². The molecule has 1 aromatic carbocycles. The second kappa shape index (κ2) is 5.44. The molecular formula is C16H15ClN2OS. The average molecular weight is 319 g/mol. The van der Waals surface area contributed by atoms with E-state index in [0.717, 1.165) is 43.0 Å². The highest BCUT2D eigenvalue weighted by molar-refractivity contribution is 7.09. The van der Waals surface area contributed by atoms with Crippen molar-refractivity contribution in [2.45, 2.75) is 18.9 Å². The van der Waals surface area contributed by atoms with Gasteiger partial charge in [0, 0.05) is 28.9 Å². The highest BCUT2D eigenvalue weighted by atomic mass is 35.5. The van der Waals surface area contributed by atoms with Crippen molar-refractivity contribution >= 4 is 34.0 Å². The maximum Gasteiger partial charge on any atom is 0.199 e. The molecule has 108 valence electrons. The van der Waals surface area contributed by atoms with Crippen molar-refractivity contribution < 1.29 is 4.42 Å². The zero-order valence-corrected chi connectivity index (χ0v) is 13.0. The monoisotopic (exact) mass is 318 g/mol. The molecule has 5 heteroatoms. The van der Waals surface area contributed by atoms with Crippen LogP contribution >= 0.6 is 22.9 Å². The summed E-state index contributed by atoms with van der Waals surface area (Å²) in [6.45, 7) is 3.14. The quantitative estimate of drug-likeness (QED) is 0.710. The van der Waals surface area contributed by atoms with Crippen molar-refractivity contribution in [2.24, 2.45) is 0 Å². The number of aromatic nitrogens is 1. The van der Waals surface area contributed by atoms with E-state index in [1.165, 1.54) is 4.88 Å². The summed E-state index contributed by atoms with van der Waals surface area (Å²) in [7, 11) is 0. The minimum atomic E-state index is 0.385. The third kappa shape index (κ3) is 2.71. The molecule has 2 aromatic heterocycles. The Morgan fingerprint density at radius 3 is 3.19 bits per heavy atom. The lowest BCUT2D eigenvalue weighted by Crippen LogP contribution is -2.19. The number of benzene rings is 1. The Labute approximate surface area is 132 Å². The molecule has 1 atom stereocenters. The zero-order valence-electron chi connectivity index (χ0n) is 11.5. The van der Waals surface area contributed by atoms with Gasteiger partial charge in [0.2, 0.25) is 0 Å². The molecule has 1 fully saturated rings. The number of fused-ring (bicyclic) bond motifs is 1. The van der Waals surface area contributed by atoms with Crippen molar-refractivity contribution in [3.63, 3.8) is 0 Å². The molecular weight excluding hydrogens is 304 g/mol. The van der Waals surface area contributed by atoms with Crippen molar-refractivity contribution in [3.05, 3.63) is 51.5 Å². The van der Waals surface area contributed by atoms with Crippen LogP contribution in [0.1, 0.15) is 23.1 Å². The molecule has 0 amide bonds. The van der Waals surface area contributed by atoms with Gasteiger partial charge in [0.1, 0.15) is 5.52 Å². The Hall–Kier alpha value is -1.36. The van der Waals surface area contributed by atoms with Crippen LogP contribution in [0.3, 0.4) is 0 Å². The first-order valence-corrected chi connectivity index (χ1v) is 8.34. The third-order valence-corrected chi connectivity index (χ3v) is 5.04. The summed E-state index contributed by atoms with van der Waals surface area (Å²) in [4.78, 5) is 8.50. The summed E-state index contributed by atoms with van der Waals surface area (Å²) in [6, 6.07) is 9.91. The lowest BCUT2D eigenvalue weighted by atomic mass is 10.1. The summed E-state index contributed by atoms with van der Waals surface area (Å²) in [5.41, 5.74) is 1.68. The van der Waals surface area contributed by atoms with E-state index in [9.17, 15) is 0 Å². The fourth-order valence-corrected chi connectivity index (χ4v) is 3.81. The molecule has 0 bridgehead atoms. The van der Waals surface area contributed by atoms with Crippen LogP contribution in [0.5, 0.6) is 0 Å². The molecule has 21 heavy (non-hydrogen) atoms. The molecule has 3 heterocycles. The predicted molar refractivity (Wildman–Crippen MR) is 86.0 cm³/mol. The molecule has 4 rings (SSSR count). The zero-order chi connectivity index (χ0) is 14.2. The van der Waals surface area contributed by atoms with Gasteiger partial charge in [-0.2, -0.15) is 0 Å². The largest absolute Gasteiger partial charge is 0.440 e. The lowest BCUT2D eigenvalue weighted by Gasteiger charge is -2.13. The third-order valence-electron chi connectivity index (χ3n) is 3.95. The normalized spacial score (nSPS) is 19.6. The molecule has 0 N–H and O–H groups in total. The number of thiophene rings is 1. The van der Waals surface area contributed by atoms with E-state index in [1.54, 1.807) is 0 Å². The number of halogens is 1. The van der Waals surface area contributed by atoms with Gasteiger partial charge in [-0.25, -0.2) is 4.98 Å². The van der Waals surface area contributed by atoms with Crippen molar-refractivity contribution in [3.8, 4) is 0 Å². The van der Waals surface area contributed by atoms with Gasteiger partial charge in [0.25, 0.3) is 0 Å². The summed E-state index contributed by atoms with van der Waals surface area (Å²) >= 11 is 7.82. The van der Waals surface area contributed by atoms with Gasteiger partial charge in [-0.3, -0.25) is 4.90 Å². The number of rotatable bonds is 3. The van der Waals surface area contributed by atoms with Gasteiger partial charge >= 0.3 is 0 Å². The van der Waals surface area contributed by atoms with Crippen LogP contribution in [0.4, 0.5) is 0 Å². The van der Waals surface area contributed by atoms with Crippen LogP contribution < -0.4 is 0 Å². The molecule has 0 saturated carbocycles. The summed E-state index contributed by atoms with van der Waals surface area (Å²) in [6.07, 6.45) is 1.10. The van der Waals surface area contributed by atoms with Crippen LogP contribution in [0.25, 0.3) is 11.1 Å². The number of oxazole rings is 1. The van der Waals surface area contributed by atoms with Gasteiger partial charge < -0.3 is 4.42 Å². The van der Waals surface area contributed by atoms with E-state index in [1.807, 2.05) is 29.5 Å². The standard InChI is InChI=1S/C16H15ClN2OS/c17-12-3-4-15-14(8-12)18-16(20-15)11-5-6-19(9-11)10-13-2-1-7-21-13/h1-4,7-8,11H,5-6,9-10H2. The molecule has 1 aliphatic rings. The number of hydrogen-bond donors (Lipinski definition) is 0. The van der Waals surface area contributed by atoms with Crippen molar-refractivity contribution in [1.29, 1.82) is 0 Å². The van der Waals surface area contributed by atoms with Gasteiger partial charge in [0.05, 0.1) is 0 Å². The molecule has 1 unspecified atom stereocenters. The minimum Gasteiger partial charge on any atom is -0.440 e. The average Bonchev–Trinajstić information content (AvgIpc) is 3.18. The van der Waals surface area contributed by atoms with E-state index in [2.05, 4.69) is 27.4 Å². The van der Waals surface area contributed by atoms with Crippen LogP contribution in [0.15, 0.2) is 40.1 Å². The predicted octanol–water partition coefficient (Wildman–Crippen LogP) is 4.53. The Balaban J connectivity index is 1.51. The Kier molecular flexibility index (Phi) is 3.45. The second-order valence-corrected chi connectivity index (χ2v) is 6.93. The van der Waals surface area contributed by atoms with E-state index >= 15 is 0 Å². The van der Waals surface area contributed by atoms with E-state index in [4.69, 9.17) is 16.0 Å². The Morgan fingerprint density at radius 2 is 2.33 bits per heavy atom. The molecule has 0 aliphatic carbocycles. The number of nitrogens with zero attached hydrogens (tertiary/aromatic N) is 2. The van der Waals surface area contributed by atoms with E-state index in [0.29, 0.717) is 10.9 Å². The summed E-state index contributed by atoms with van der Waals surface area (Å²) in [5.74, 6) is 1.23. The molecule has 1 aliphatic heterocycles. The Morgan fingerprint density at radius 1 is 1.38 bits per heavy atom. The fraction of sp³-hybridized carbons (Fsp3) is 0.312. The van der Waals surface area contributed by atoms with Crippen LogP contribution in [0, 0.1) is 0 Å². The van der Waals surface area contributed by atoms with Crippen LogP contribution in [-0.2, 0) is 6.54 Å². The van der Waals surface area contributed by atoms with Gasteiger partial charge in [-0.15, -0.1) is 11.3 Å². The fourth-order valence-electron chi connectivity index (χ4n) is 2.89. The molecule has 0 radical (unpaired) electrons. The lowest BCUT2D eigenvalue weighted by molar-refractivity contribution is 0.323. The Bertz CT molecular complexity index is 753. The SMILES string of the molecule is Clc1ccc2oc(C3CCN(Cc4cccs4)C3)nc2c1. The van der Waals surface area contributed by atoms with E-state index < -0.39 is 0 Å². The topological polar surface area (TPSA) is 29.3 Å². The molecule has 3 aromatic rings. The maximum absolute atomic E-state index is 6.00.